The van der Waals surface area contributed by atoms with Crippen molar-refractivity contribution in [3.05, 3.63) is 47.5 Å². The van der Waals surface area contributed by atoms with Crippen LogP contribution < -0.4 is 5.73 Å². The van der Waals surface area contributed by atoms with Gasteiger partial charge in [0.05, 0.1) is 18.5 Å². The first-order valence-corrected chi connectivity index (χ1v) is 14.8. The highest BCUT2D eigenvalue weighted by atomic mass is 16.6. The second-order valence-electron chi connectivity index (χ2n) is 11.9. The van der Waals surface area contributed by atoms with Crippen LogP contribution in [0.4, 0.5) is 0 Å². The highest BCUT2D eigenvalue weighted by Crippen LogP contribution is 2.21. The molecule has 1 rings (SSSR count). The van der Waals surface area contributed by atoms with Gasteiger partial charge in [0.25, 0.3) is 0 Å². The maximum Gasteiger partial charge on any atom is 0.333 e. The van der Waals surface area contributed by atoms with E-state index in [2.05, 4.69) is 20.4 Å². The summed E-state index contributed by atoms with van der Waals surface area (Å²) in [6.07, 6.45) is 2.57. The van der Waals surface area contributed by atoms with Gasteiger partial charge in [-0.15, -0.1) is 0 Å². The molecule has 44 heavy (non-hydrogen) atoms. The second-order valence-corrected chi connectivity index (χ2v) is 11.9. The Morgan fingerprint density at radius 1 is 0.864 bits per heavy atom. The van der Waals surface area contributed by atoms with Gasteiger partial charge in [0.1, 0.15) is 13.2 Å². The van der Waals surface area contributed by atoms with Crippen molar-refractivity contribution in [3.8, 4) is 0 Å². The molecule has 0 aliphatic heterocycles. The predicted octanol–water partition coefficient (Wildman–Crippen LogP) is 5.16. The summed E-state index contributed by atoms with van der Waals surface area (Å²) in [6.45, 7) is 20.4. The Morgan fingerprint density at radius 3 is 1.66 bits per heavy atom. The SMILES string of the molecule is C=C(C)C(=O)OCCOC(=O)C(C)(C)CC.CCC(C)(C)C(N)=O.CCC(C)c1ccc(CN(CC(=O)O)CC(=O)O)cc1. The molecule has 0 radical (unpaired) electrons. The van der Waals surface area contributed by atoms with Crippen LogP contribution in [0.3, 0.4) is 0 Å². The largest absolute Gasteiger partial charge is 0.480 e. The Hall–Kier alpha value is -3.73. The lowest BCUT2D eigenvalue weighted by molar-refractivity contribution is -0.158. The Morgan fingerprint density at radius 2 is 1.32 bits per heavy atom. The molecule has 0 spiro atoms. The summed E-state index contributed by atoms with van der Waals surface area (Å²) in [6, 6.07) is 7.89. The third-order valence-corrected chi connectivity index (χ3v) is 7.17. The third kappa shape index (κ3) is 18.7. The number of nitrogens with zero attached hydrogens (tertiary/aromatic N) is 1. The van der Waals surface area contributed by atoms with Crippen molar-refractivity contribution >= 4 is 29.8 Å². The first-order valence-electron chi connectivity index (χ1n) is 14.8. The molecule has 0 heterocycles. The van der Waals surface area contributed by atoms with E-state index in [1.807, 2.05) is 65.8 Å². The maximum absolute atomic E-state index is 11.5. The van der Waals surface area contributed by atoms with Crippen molar-refractivity contribution in [1.82, 2.24) is 4.90 Å². The molecule has 0 saturated heterocycles. The fraction of sp³-hybridized carbons (Fsp3) is 0.606. The number of rotatable bonds is 16. The molecule has 0 fully saturated rings. The lowest BCUT2D eigenvalue weighted by Crippen LogP contribution is -2.33. The standard InChI is InChI=1S/C15H21NO4.C12H20O4.C6H13NO/c1-3-11(2)13-6-4-12(5-7-13)8-16(9-14(17)18)10-15(19)20;1-6-12(4,5)11(14)16-8-7-15-10(13)9(2)3;1-4-6(2,3)5(7)8/h4-7,11H,3,8-10H2,1-2H3,(H,17,18)(H,19,20);2,6-8H2,1,3-5H3;4H2,1-3H3,(H2,7,8). The van der Waals surface area contributed by atoms with Crippen molar-refractivity contribution in [3.63, 3.8) is 0 Å². The van der Waals surface area contributed by atoms with Gasteiger partial charge in [-0.2, -0.15) is 0 Å². The fourth-order valence-corrected chi connectivity index (χ4v) is 2.90. The molecular weight excluding hydrogens is 568 g/mol. The molecule has 0 aliphatic carbocycles. The Kier molecular flexibility index (Phi) is 20.3. The summed E-state index contributed by atoms with van der Waals surface area (Å²) in [7, 11) is 0. The van der Waals surface area contributed by atoms with Crippen molar-refractivity contribution < 1.29 is 43.7 Å². The van der Waals surface area contributed by atoms with Crippen LogP contribution in [-0.2, 0) is 40.0 Å². The number of nitrogens with two attached hydrogens (primary N) is 1. The molecule has 1 aromatic rings. The average molecular weight is 623 g/mol. The third-order valence-electron chi connectivity index (χ3n) is 7.17. The van der Waals surface area contributed by atoms with E-state index in [9.17, 15) is 24.0 Å². The van der Waals surface area contributed by atoms with Crippen LogP contribution in [0.5, 0.6) is 0 Å². The van der Waals surface area contributed by atoms with Gasteiger partial charge in [0, 0.05) is 17.5 Å². The zero-order valence-corrected chi connectivity index (χ0v) is 28.0. The van der Waals surface area contributed by atoms with Crippen LogP contribution >= 0.6 is 0 Å². The lowest BCUT2D eigenvalue weighted by atomic mass is 9.90. The number of carbonyl (C=O) groups excluding carboxylic acids is 3. The van der Waals surface area contributed by atoms with Crippen molar-refractivity contribution in [2.24, 2.45) is 16.6 Å². The van der Waals surface area contributed by atoms with Crippen LogP contribution in [0.15, 0.2) is 36.4 Å². The second kappa shape index (κ2) is 21.1. The first kappa shape index (κ1) is 42.4. The van der Waals surface area contributed by atoms with Crippen LogP contribution in [0, 0.1) is 10.8 Å². The monoisotopic (exact) mass is 622 g/mol. The number of amides is 1. The molecule has 0 saturated carbocycles. The average Bonchev–Trinajstić information content (AvgIpc) is 2.94. The number of ether oxygens (including phenoxy) is 2. The van der Waals surface area contributed by atoms with Gasteiger partial charge in [-0.1, -0.05) is 72.4 Å². The van der Waals surface area contributed by atoms with Crippen LogP contribution in [0.2, 0.25) is 0 Å². The number of carboxylic acids is 2. The minimum atomic E-state index is -1.03. The molecule has 4 N–H and O–H groups in total. The Labute approximate surface area is 262 Å². The number of aliphatic carboxylic acids is 2. The molecule has 1 atom stereocenters. The lowest BCUT2D eigenvalue weighted by Gasteiger charge is -2.20. The van der Waals surface area contributed by atoms with Gasteiger partial charge in [0.2, 0.25) is 5.91 Å². The highest BCUT2D eigenvalue weighted by molar-refractivity contribution is 5.86. The molecule has 250 valence electrons. The number of hydrogen-bond acceptors (Lipinski definition) is 8. The van der Waals surface area contributed by atoms with E-state index < -0.39 is 23.3 Å². The molecule has 11 heteroatoms. The molecule has 0 bridgehead atoms. The van der Waals surface area contributed by atoms with E-state index in [0.717, 1.165) is 18.4 Å². The van der Waals surface area contributed by atoms with Crippen LogP contribution in [0.25, 0.3) is 0 Å². The van der Waals surface area contributed by atoms with Gasteiger partial charge in [-0.3, -0.25) is 24.1 Å². The molecule has 1 unspecified atom stereocenters. The van der Waals surface area contributed by atoms with Crippen molar-refractivity contribution in [2.75, 3.05) is 26.3 Å². The zero-order valence-electron chi connectivity index (χ0n) is 28.0. The van der Waals surface area contributed by atoms with Gasteiger partial charge >= 0.3 is 23.9 Å². The molecule has 1 aromatic carbocycles. The number of primary amides is 1. The number of carbonyl (C=O) groups is 5. The van der Waals surface area contributed by atoms with Gasteiger partial charge in [0.15, 0.2) is 0 Å². The minimum Gasteiger partial charge on any atom is -0.480 e. The van der Waals surface area contributed by atoms with E-state index in [4.69, 9.17) is 25.4 Å². The minimum absolute atomic E-state index is 0.0667. The Bertz CT molecular complexity index is 1060. The summed E-state index contributed by atoms with van der Waals surface area (Å²) >= 11 is 0. The molecule has 0 aliphatic rings. The van der Waals surface area contributed by atoms with E-state index in [1.165, 1.54) is 10.5 Å². The van der Waals surface area contributed by atoms with Crippen molar-refractivity contribution in [1.29, 1.82) is 0 Å². The van der Waals surface area contributed by atoms with Crippen molar-refractivity contribution in [2.45, 2.75) is 94.0 Å². The fourth-order valence-electron chi connectivity index (χ4n) is 2.90. The molecule has 0 aromatic heterocycles. The molecular formula is C33H54N2O9. The number of hydrogen-bond donors (Lipinski definition) is 3. The summed E-state index contributed by atoms with van der Waals surface area (Å²) in [5, 5.41) is 17.6. The smallest absolute Gasteiger partial charge is 0.333 e. The van der Waals surface area contributed by atoms with Crippen LogP contribution in [0.1, 0.15) is 98.6 Å². The van der Waals surface area contributed by atoms with Gasteiger partial charge < -0.3 is 25.4 Å². The molecule has 11 nitrogen and oxygen atoms in total. The Balaban J connectivity index is 0. The zero-order chi connectivity index (χ0) is 34.7. The van der Waals surface area contributed by atoms with E-state index in [0.29, 0.717) is 24.5 Å². The van der Waals surface area contributed by atoms with Crippen LogP contribution in [-0.4, -0.2) is 71.2 Å². The normalized spacial score (nSPS) is 11.6. The topological polar surface area (TPSA) is 174 Å². The predicted molar refractivity (Wildman–Crippen MR) is 170 cm³/mol. The summed E-state index contributed by atoms with van der Waals surface area (Å²) in [4.78, 5) is 55.8. The first-order chi connectivity index (χ1) is 20.2. The number of benzene rings is 1. The van der Waals surface area contributed by atoms with E-state index >= 15 is 0 Å². The van der Waals surface area contributed by atoms with E-state index in [1.54, 1.807) is 6.92 Å². The highest BCUT2D eigenvalue weighted by Gasteiger charge is 2.27. The van der Waals surface area contributed by atoms with Gasteiger partial charge in [-0.25, -0.2) is 4.79 Å². The molecule has 1 amide bonds. The summed E-state index contributed by atoms with van der Waals surface area (Å²) in [5.74, 6) is -2.53. The van der Waals surface area contributed by atoms with Gasteiger partial charge in [-0.05, 0) is 57.1 Å². The number of carboxylic acid groups (broad SMARTS) is 2. The van der Waals surface area contributed by atoms with E-state index in [-0.39, 0.29) is 43.6 Å². The number of esters is 2. The maximum atomic E-state index is 11.5. The quantitative estimate of drug-likeness (QED) is 0.127. The summed E-state index contributed by atoms with van der Waals surface area (Å²) < 4.78 is 9.77. The summed E-state index contributed by atoms with van der Waals surface area (Å²) in [5.41, 5.74) is 6.72.